The van der Waals surface area contributed by atoms with Crippen molar-refractivity contribution >= 4 is 0 Å². The second-order valence-corrected chi connectivity index (χ2v) is 5.67. The molecular weight excluding hydrogens is 162 g/mol. The van der Waals surface area contributed by atoms with E-state index in [4.69, 9.17) is 5.73 Å². The third-order valence-corrected chi connectivity index (χ3v) is 3.46. The zero-order valence-corrected chi connectivity index (χ0v) is 9.25. The molecule has 4 atom stereocenters. The van der Waals surface area contributed by atoms with Crippen molar-refractivity contribution < 1.29 is 5.11 Å². The lowest BCUT2D eigenvalue weighted by Crippen LogP contribution is -2.47. The van der Waals surface area contributed by atoms with Crippen LogP contribution in [0.2, 0.25) is 0 Å². The highest BCUT2D eigenvalue weighted by atomic mass is 16.3. The molecule has 2 heteroatoms. The quantitative estimate of drug-likeness (QED) is 0.604. The van der Waals surface area contributed by atoms with Gasteiger partial charge in [0.25, 0.3) is 0 Å². The van der Waals surface area contributed by atoms with Gasteiger partial charge in [0, 0.05) is 6.04 Å². The van der Waals surface area contributed by atoms with Crippen molar-refractivity contribution in [1.82, 2.24) is 0 Å². The van der Waals surface area contributed by atoms with Crippen LogP contribution in [0.15, 0.2) is 0 Å². The van der Waals surface area contributed by atoms with Crippen LogP contribution in [0.5, 0.6) is 0 Å². The lowest BCUT2D eigenvalue weighted by molar-refractivity contribution is 0.0106. The van der Waals surface area contributed by atoms with Gasteiger partial charge in [-0.1, -0.05) is 27.7 Å². The van der Waals surface area contributed by atoms with Gasteiger partial charge in [-0.25, -0.2) is 0 Å². The van der Waals surface area contributed by atoms with E-state index in [1.54, 1.807) is 0 Å². The summed E-state index contributed by atoms with van der Waals surface area (Å²) < 4.78 is 0. The minimum Gasteiger partial charge on any atom is -0.391 e. The summed E-state index contributed by atoms with van der Waals surface area (Å²) in [5, 5.41) is 9.70. The first-order valence-corrected chi connectivity index (χ1v) is 5.26. The molecule has 13 heavy (non-hydrogen) atoms. The molecule has 0 unspecified atom stereocenters. The molecule has 2 nitrogen and oxygen atoms in total. The average Bonchev–Trinajstić information content (AvgIpc) is 1.97. The topological polar surface area (TPSA) is 46.2 Å². The molecule has 0 aromatic carbocycles. The van der Waals surface area contributed by atoms with Gasteiger partial charge in [-0.3, -0.25) is 0 Å². The number of rotatable bonds is 0. The Bertz CT molecular complexity index is 161. The van der Waals surface area contributed by atoms with Gasteiger partial charge in [0.05, 0.1) is 6.10 Å². The van der Waals surface area contributed by atoms with Gasteiger partial charge in [-0.2, -0.15) is 0 Å². The molecule has 0 aliphatic heterocycles. The van der Waals surface area contributed by atoms with E-state index in [2.05, 4.69) is 27.7 Å². The van der Waals surface area contributed by atoms with Crippen LogP contribution < -0.4 is 5.73 Å². The molecule has 0 aromatic heterocycles. The Labute approximate surface area is 81.5 Å². The average molecular weight is 185 g/mol. The maximum Gasteiger partial charge on any atom is 0.0716 e. The van der Waals surface area contributed by atoms with Gasteiger partial charge in [0.2, 0.25) is 0 Å². The van der Waals surface area contributed by atoms with E-state index < -0.39 is 0 Å². The molecule has 1 rings (SSSR count). The van der Waals surface area contributed by atoms with Crippen molar-refractivity contribution in [2.45, 2.75) is 52.7 Å². The maximum atomic E-state index is 9.70. The molecule has 1 aliphatic carbocycles. The van der Waals surface area contributed by atoms with Gasteiger partial charge >= 0.3 is 0 Å². The van der Waals surface area contributed by atoms with Crippen LogP contribution >= 0.6 is 0 Å². The number of hydrogen-bond donors (Lipinski definition) is 2. The van der Waals surface area contributed by atoms with E-state index in [9.17, 15) is 5.11 Å². The van der Waals surface area contributed by atoms with Gasteiger partial charge < -0.3 is 10.8 Å². The molecule has 0 saturated heterocycles. The van der Waals surface area contributed by atoms with E-state index in [0.717, 1.165) is 12.8 Å². The van der Waals surface area contributed by atoms with Crippen molar-refractivity contribution in [2.24, 2.45) is 23.0 Å². The first-order chi connectivity index (χ1) is 5.82. The van der Waals surface area contributed by atoms with Crippen molar-refractivity contribution in [3.63, 3.8) is 0 Å². The lowest BCUT2D eigenvalue weighted by Gasteiger charge is -2.42. The highest BCUT2D eigenvalue weighted by Gasteiger charge is 2.37. The number of aliphatic hydroxyl groups excluding tert-OH is 1. The molecule has 0 amide bonds. The SMILES string of the molecule is C[C@H]1C[C@@H](C(C)(C)C)C[C@@H](N)[C@@H]1O. The minimum atomic E-state index is -0.293. The molecule has 78 valence electrons. The molecule has 0 radical (unpaired) electrons. The smallest absolute Gasteiger partial charge is 0.0716 e. The molecular formula is C11H23NO. The highest BCUT2D eigenvalue weighted by molar-refractivity contribution is 4.90. The molecule has 0 spiro atoms. The molecule has 3 N–H and O–H groups in total. The van der Waals surface area contributed by atoms with Crippen LogP contribution in [0.4, 0.5) is 0 Å². The second-order valence-electron chi connectivity index (χ2n) is 5.67. The summed E-state index contributed by atoms with van der Waals surface area (Å²) in [4.78, 5) is 0. The molecule has 1 saturated carbocycles. The van der Waals surface area contributed by atoms with Gasteiger partial charge in [0.1, 0.15) is 0 Å². The Hall–Kier alpha value is -0.0800. The normalized spacial score (nSPS) is 42.0. The van der Waals surface area contributed by atoms with Gasteiger partial charge in [0.15, 0.2) is 0 Å². The molecule has 0 heterocycles. The largest absolute Gasteiger partial charge is 0.391 e. The van der Waals surface area contributed by atoms with E-state index in [1.165, 1.54) is 0 Å². The van der Waals surface area contributed by atoms with Gasteiger partial charge in [-0.05, 0) is 30.1 Å². The zero-order chi connectivity index (χ0) is 10.2. The van der Waals surface area contributed by atoms with Crippen LogP contribution in [-0.4, -0.2) is 17.3 Å². The Balaban J connectivity index is 2.64. The first-order valence-electron chi connectivity index (χ1n) is 5.26. The van der Waals surface area contributed by atoms with Gasteiger partial charge in [-0.15, -0.1) is 0 Å². The van der Waals surface area contributed by atoms with Crippen LogP contribution in [0.1, 0.15) is 40.5 Å². The van der Waals surface area contributed by atoms with Crippen molar-refractivity contribution in [2.75, 3.05) is 0 Å². The van der Waals surface area contributed by atoms with E-state index in [0.29, 0.717) is 17.3 Å². The summed E-state index contributed by atoms with van der Waals surface area (Å²) in [6, 6.07) is -0.0204. The first kappa shape index (κ1) is 11.0. The predicted molar refractivity (Wildman–Crippen MR) is 55.3 cm³/mol. The van der Waals surface area contributed by atoms with Crippen LogP contribution in [0.3, 0.4) is 0 Å². The van der Waals surface area contributed by atoms with Crippen LogP contribution in [0.25, 0.3) is 0 Å². The summed E-state index contributed by atoms with van der Waals surface area (Å²) in [6.45, 7) is 8.88. The third-order valence-electron chi connectivity index (χ3n) is 3.46. The molecule has 0 aromatic rings. The van der Waals surface area contributed by atoms with Crippen LogP contribution in [0, 0.1) is 17.3 Å². The van der Waals surface area contributed by atoms with Crippen molar-refractivity contribution in [1.29, 1.82) is 0 Å². The lowest BCUT2D eigenvalue weighted by atomic mass is 9.67. The fraction of sp³-hybridized carbons (Fsp3) is 1.00. The molecule has 1 aliphatic rings. The number of hydrogen-bond acceptors (Lipinski definition) is 2. The van der Waals surface area contributed by atoms with Crippen molar-refractivity contribution in [3.8, 4) is 0 Å². The third kappa shape index (κ3) is 2.44. The summed E-state index contributed by atoms with van der Waals surface area (Å²) >= 11 is 0. The Morgan fingerprint density at radius 2 is 1.77 bits per heavy atom. The predicted octanol–water partition coefficient (Wildman–Crippen LogP) is 1.77. The number of aliphatic hydroxyl groups is 1. The zero-order valence-electron chi connectivity index (χ0n) is 9.25. The molecule has 0 bridgehead atoms. The highest BCUT2D eigenvalue weighted by Crippen LogP contribution is 2.39. The van der Waals surface area contributed by atoms with E-state index in [1.807, 2.05) is 0 Å². The minimum absolute atomic E-state index is 0.0204. The summed E-state index contributed by atoms with van der Waals surface area (Å²) in [5.41, 5.74) is 6.23. The standard InChI is InChI=1S/C11H23NO/c1-7-5-8(11(2,3)4)6-9(12)10(7)13/h7-10,13H,5-6,12H2,1-4H3/t7-,8+,9+,10+/m0/s1. The Kier molecular flexibility index (Phi) is 3.03. The maximum absolute atomic E-state index is 9.70. The monoisotopic (exact) mass is 185 g/mol. The summed E-state index contributed by atoms with van der Waals surface area (Å²) in [6.07, 6.45) is 1.78. The summed E-state index contributed by atoms with van der Waals surface area (Å²) in [7, 11) is 0. The van der Waals surface area contributed by atoms with E-state index >= 15 is 0 Å². The second kappa shape index (κ2) is 3.58. The van der Waals surface area contributed by atoms with Crippen molar-refractivity contribution in [3.05, 3.63) is 0 Å². The molecule has 1 fully saturated rings. The summed E-state index contributed by atoms with van der Waals surface area (Å²) in [5.74, 6) is 1.01. The fourth-order valence-electron chi connectivity index (χ4n) is 2.28. The van der Waals surface area contributed by atoms with E-state index in [-0.39, 0.29) is 12.1 Å². The number of nitrogens with two attached hydrogens (primary N) is 1. The Morgan fingerprint density at radius 1 is 1.23 bits per heavy atom. The fourth-order valence-corrected chi connectivity index (χ4v) is 2.28. The van der Waals surface area contributed by atoms with Crippen LogP contribution in [-0.2, 0) is 0 Å². The Morgan fingerprint density at radius 3 is 2.15 bits per heavy atom.